The van der Waals surface area contributed by atoms with Crippen molar-refractivity contribution in [3.05, 3.63) is 235 Å². The molecule has 0 unspecified atom stereocenters. The van der Waals surface area contributed by atoms with Gasteiger partial charge in [0.05, 0.1) is 28.0 Å². The molecule has 0 fully saturated rings. The van der Waals surface area contributed by atoms with Crippen LogP contribution in [0.1, 0.15) is 22.3 Å². The first kappa shape index (κ1) is 36.4. The fourth-order valence-electron chi connectivity index (χ4n) is 10.8. The van der Waals surface area contributed by atoms with E-state index in [0.29, 0.717) is 5.82 Å². The number of aromatic nitrogens is 3. The number of hydrogen-bond acceptors (Lipinski definition) is 5. The van der Waals surface area contributed by atoms with E-state index in [1.807, 2.05) is 54.2 Å². The van der Waals surface area contributed by atoms with Crippen LogP contribution >= 0.6 is 11.8 Å². The van der Waals surface area contributed by atoms with Crippen LogP contribution < -0.4 is 0 Å². The van der Waals surface area contributed by atoms with Crippen molar-refractivity contribution in [2.45, 2.75) is 15.2 Å². The Morgan fingerprint density at radius 2 is 1.02 bits per heavy atom. The molecular formula is C60H35N3OS. The van der Waals surface area contributed by atoms with E-state index in [9.17, 15) is 0 Å². The predicted octanol–water partition coefficient (Wildman–Crippen LogP) is 15.6. The Hall–Kier alpha value is -8.12. The number of hydrogen-bond donors (Lipinski definition) is 0. The van der Waals surface area contributed by atoms with Crippen LogP contribution in [0.3, 0.4) is 0 Å². The van der Waals surface area contributed by atoms with Crippen LogP contribution in [0.5, 0.6) is 0 Å². The first-order chi connectivity index (χ1) is 32.2. The minimum Gasteiger partial charge on any atom is -0.456 e. The van der Waals surface area contributed by atoms with Gasteiger partial charge in [-0.05, 0) is 63.7 Å². The zero-order chi connectivity index (χ0) is 42.6. The van der Waals surface area contributed by atoms with Crippen molar-refractivity contribution in [1.29, 1.82) is 0 Å². The molecule has 0 radical (unpaired) electrons. The van der Waals surface area contributed by atoms with E-state index < -0.39 is 5.41 Å². The quantitative estimate of drug-likeness (QED) is 0.165. The molecule has 5 heteroatoms. The van der Waals surface area contributed by atoms with Crippen LogP contribution in [-0.4, -0.2) is 15.0 Å². The lowest BCUT2D eigenvalue weighted by atomic mass is 9.67. The van der Waals surface area contributed by atoms with E-state index in [0.717, 1.165) is 77.6 Å². The summed E-state index contributed by atoms with van der Waals surface area (Å²) in [4.78, 5) is 18.4. The lowest BCUT2D eigenvalue weighted by Gasteiger charge is -2.40. The lowest BCUT2D eigenvalue weighted by molar-refractivity contribution is 0.669. The molecule has 4 heterocycles. The van der Waals surface area contributed by atoms with Gasteiger partial charge in [0.15, 0.2) is 5.82 Å². The minimum absolute atomic E-state index is 0.462. The summed E-state index contributed by atoms with van der Waals surface area (Å²) in [5, 5.41) is 5.64. The van der Waals surface area contributed by atoms with Crippen molar-refractivity contribution >= 4 is 55.4 Å². The van der Waals surface area contributed by atoms with E-state index in [1.54, 1.807) is 0 Å². The van der Waals surface area contributed by atoms with Crippen LogP contribution in [0.25, 0.3) is 99.9 Å². The van der Waals surface area contributed by atoms with Crippen molar-refractivity contribution in [2.24, 2.45) is 0 Å². The standard InChI is InChI=1S/C60H35N3OS/c1-2-15-38(16-3-1)59-62-50(35-51(63-59)42-21-14-27-53-55(42)43-20-7-12-26-52(43)64-53)36-29-31-37(32-30-36)57-44-33-34-48-58(56(44)41-19-6-11-25-49(41)61-57)65-54-28-13-10-24-47(54)60(48)45-22-8-4-17-39(45)40-18-5-9-23-46(40)60/h1-35H. The smallest absolute Gasteiger partial charge is 0.160 e. The molecular weight excluding hydrogens is 811 g/mol. The summed E-state index contributed by atoms with van der Waals surface area (Å²) in [5.41, 5.74) is 16.8. The third-order valence-corrected chi connectivity index (χ3v) is 14.8. The highest BCUT2D eigenvalue weighted by molar-refractivity contribution is 7.99. The summed E-state index contributed by atoms with van der Waals surface area (Å²) >= 11 is 1.89. The second kappa shape index (κ2) is 13.9. The highest BCUT2D eigenvalue weighted by Crippen LogP contribution is 2.63. The fourth-order valence-corrected chi connectivity index (χ4v) is 12.2. The molecule has 0 atom stereocenters. The molecule has 0 amide bonds. The van der Waals surface area contributed by atoms with E-state index >= 15 is 0 Å². The van der Waals surface area contributed by atoms with Crippen LogP contribution in [-0.2, 0) is 5.41 Å². The van der Waals surface area contributed by atoms with Crippen LogP contribution in [0.4, 0.5) is 0 Å². The topological polar surface area (TPSA) is 51.8 Å². The van der Waals surface area contributed by atoms with Crippen LogP contribution in [0, 0.1) is 0 Å². The van der Waals surface area contributed by atoms with Gasteiger partial charge >= 0.3 is 0 Å². The van der Waals surface area contributed by atoms with Gasteiger partial charge < -0.3 is 4.42 Å². The Morgan fingerprint density at radius 3 is 1.83 bits per heavy atom. The zero-order valence-electron chi connectivity index (χ0n) is 34.9. The summed E-state index contributed by atoms with van der Waals surface area (Å²) in [6, 6.07) is 75.9. The molecule has 302 valence electrons. The number of pyridine rings is 1. The lowest BCUT2D eigenvalue weighted by Crippen LogP contribution is -2.32. The Morgan fingerprint density at radius 1 is 0.385 bits per heavy atom. The van der Waals surface area contributed by atoms with Crippen LogP contribution in [0.15, 0.2) is 227 Å². The number of rotatable bonds is 4. The van der Waals surface area contributed by atoms with Gasteiger partial charge in [0.1, 0.15) is 11.2 Å². The summed E-state index contributed by atoms with van der Waals surface area (Å²) in [6.45, 7) is 0. The minimum atomic E-state index is -0.462. The normalized spacial score (nSPS) is 13.3. The molecule has 65 heavy (non-hydrogen) atoms. The van der Waals surface area contributed by atoms with Crippen molar-refractivity contribution in [1.82, 2.24) is 15.0 Å². The highest BCUT2D eigenvalue weighted by atomic mass is 32.2. The van der Waals surface area contributed by atoms with Crippen molar-refractivity contribution in [3.63, 3.8) is 0 Å². The second-order valence-electron chi connectivity index (χ2n) is 17.0. The van der Waals surface area contributed by atoms with E-state index in [4.69, 9.17) is 19.4 Å². The first-order valence-corrected chi connectivity index (χ1v) is 22.8. The monoisotopic (exact) mass is 845 g/mol. The average Bonchev–Trinajstić information content (AvgIpc) is 3.90. The third-order valence-electron chi connectivity index (χ3n) is 13.6. The highest BCUT2D eigenvalue weighted by Gasteiger charge is 2.50. The van der Waals surface area contributed by atoms with Gasteiger partial charge in [0, 0.05) is 59.0 Å². The molecule has 0 N–H and O–H groups in total. The Kier molecular flexibility index (Phi) is 7.80. The predicted molar refractivity (Wildman–Crippen MR) is 265 cm³/mol. The first-order valence-electron chi connectivity index (χ1n) is 22.0. The maximum atomic E-state index is 6.30. The molecule has 14 rings (SSSR count). The Balaban J connectivity index is 0.959. The van der Waals surface area contributed by atoms with Crippen molar-refractivity contribution < 1.29 is 4.42 Å². The molecule has 12 aromatic rings. The summed E-state index contributed by atoms with van der Waals surface area (Å²) in [7, 11) is 0. The van der Waals surface area contributed by atoms with Gasteiger partial charge in [0.25, 0.3) is 0 Å². The maximum Gasteiger partial charge on any atom is 0.160 e. The van der Waals surface area contributed by atoms with Gasteiger partial charge in [-0.1, -0.05) is 194 Å². The molecule has 4 nitrogen and oxygen atoms in total. The molecule has 1 aliphatic carbocycles. The molecule has 0 bridgehead atoms. The van der Waals surface area contributed by atoms with Gasteiger partial charge in [0.2, 0.25) is 0 Å². The number of nitrogens with zero attached hydrogens (tertiary/aromatic N) is 3. The number of fused-ring (bicyclic) bond motifs is 16. The number of benzene rings is 9. The van der Waals surface area contributed by atoms with Gasteiger partial charge in [-0.15, -0.1) is 0 Å². The van der Waals surface area contributed by atoms with Gasteiger partial charge in [-0.2, -0.15) is 0 Å². The summed E-state index contributed by atoms with van der Waals surface area (Å²) in [6.07, 6.45) is 0. The zero-order valence-corrected chi connectivity index (χ0v) is 35.7. The summed E-state index contributed by atoms with van der Waals surface area (Å²) < 4.78 is 6.30. The molecule has 2 aliphatic rings. The molecule has 1 spiro atoms. The molecule has 0 saturated carbocycles. The molecule has 0 saturated heterocycles. The number of para-hydroxylation sites is 2. The largest absolute Gasteiger partial charge is 0.456 e. The van der Waals surface area contributed by atoms with Crippen molar-refractivity contribution in [3.8, 4) is 56.3 Å². The fraction of sp³-hybridized carbons (Fsp3) is 0.0167. The van der Waals surface area contributed by atoms with Gasteiger partial charge in [-0.3, -0.25) is 0 Å². The van der Waals surface area contributed by atoms with E-state index in [1.165, 1.54) is 48.6 Å². The summed E-state index contributed by atoms with van der Waals surface area (Å²) in [5.74, 6) is 0.670. The maximum absolute atomic E-state index is 6.30. The van der Waals surface area contributed by atoms with Crippen LogP contribution in [0.2, 0.25) is 0 Å². The van der Waals surface area contributed by atoms with Crippen molar-refractivity contribution in [2.75, 3.05) is 0 Å². The molecule has 9 aromatic carbocycles. The average molecular weight is 846 g/mol. The Labute approximate surface area is 378 Å². The molecule has 3 aromatic heterocycles. The van der Waals surface area contributed by atoms with E-state index in [-0.39, 0.29) is 0 Å². The second-order valence-corrected chi connectivity index (χ2v) is 18.0. The molecule has 1 aliphatic heterocycles. The SMILES string of the molecule is c1ccc(-c2nc(-c3ccc(-c4nc5ccccc5c5c6c(ccc45)C4(c5ccccc5S6)c5ccccc5-c5ccccc54)cc3)cc(-c3cccc4oc5ccccc5c34)n2)cc1. The number of furan rings is 1. The third kappa shape index (κ3) is 5.24. The van der Waals surface area contributed by atoms with Gasteiger partial charge in [-0.25, -0.2) is 15.0 Å². The van der Waals surface area contributed by atoms with E-state index in [2.05, 4.69) is 170 Å². The Bertz CT molecular complexity index is 3880.